The van der Waals surface area contributed by atoms with Crippen molar-refractivity contribution < 1.29 is 13.9 Å². The molecule has 0 aliphatic rings. The minimum atomic E-state index is -0.202. The van der Waals surface area contributed by atoms with E-state index in [1.165, 1.54) is 0 Å². The van der Waals surface area contributed by atoms with Gasteiger partial charge in [-0.2, -0.15) is 0 Å². The van der Waals surface area contributed by atoms with Crippen molar-refractivity contribution in [3.8, 4) is 0 Å². The highest BCUT2D eigenvalue weighted by atomic mass is 16.5. The molecule has 0 fully saturated rings. The largest absolute Gasteiger partial charge is 0.464 e. The van der Waals surface area contributed by atoms with Crippen molar-refractivity contribution in [3.63, 3.8) is 0 Å². The van der Waals surface area contributed by atoms with E-state index in [1.807, 2.05) is 39.8 Å². The SMILES string of the molecule is COC(C)(C)CCOC(c1ccc(C)o1)C(C)N. The lowest BCUT2D eigenvalue weighted by Gasteiger charge is -2.25. The molecule has 18 heavy (non-hydrogen) atoms. The Kier molecular flexibility index (Phi) is 5.38. The van der Waals surface area contributed by atoms with Gasteiger partial charge in [0.25, 0.3) is 0 Å². The number of aryl methyl sites for hydroxylation is 1. The van der Waals surface area contributed by atoms with Crippen LogP contribution in [0.2, 0.25) is 0 Å². The molecule has 2 atom stereocenters. The second kappa shape index (κ2) is 6.36. The van der Waals surface area contributed by atoms with Crippen LogP contribution in [0.1, 0.15) is 44.8 Å². The molecule has 2 unspecified atom stereocenters. The Balaban J connectivity index is 2.55. The van der Waals surface area contributed by atoms with E-state index in [0.717, 1.165) is 17.9 Å². The highest BCUT2D eigenvalue weighted by Gasteiger charge is 2.22. The van der Waals surface area contributed by atoms with Crippen LogP contribution in [-0.4, -0.2) is 25.4 Å². The molecule has 0 saturated heterocycles. The smallest absolute Gasteiger partial charge is 0.134 e. The molecule has 2 N–H and O–H groups in total. The summed E-state index contributed by atoms with van der Waals surface area (Å²) in [7, 11) is 1.71. The average Bonchev–Trinajstić information content (AvgIpc) is 2.70. The van der Waals surface area contributed by atoms with Gasteiger partial charge in [0.15, 0.2) is 0 Å². The Morgan fingerprint density at radius 3 is 2.50 bits per heavy atom. The summed E-state index contributed by atoms with van der Waals surface area (Å²) in [6, 6.07) is 3.74. The predicted octanol–water partition coefficient (Wildman–Crippen LogP) is 2.81. The van der Waals surface area contributed by atoms with Crippen molar-refractivity contribution >= 4 is 0 Å². The van der Waals surface area contributed by atoms with E-state index in [4.69, 9.17) is 19.6 Å². The number of hydrogen-bond acceptors (Lipinski definition) is 4. The number of rotatable bonds is 7. The maximum absolute atomic E-state index is 5.94. The summed E-state index contributed by atoms with van der Waals surface area (Å²) in [6.45, 7) is 8.50. The lowest BCUT2D eigenvalue weighted by Crippen LogP contribution is -2.29. The van der Waals surface area contributed by atoms with Crippen molar-refractivity contribution in [2.45, 2.75) is 51.9 Å². The summed E-state index contributed by atoms with van der Waals surface area (Å²) in [4.78, 5) is 0. The van der Waals surface area contributed by atoms with E-state index in [9.17, 15) is 0 Å². The molecule has 1 heterocycles. The van der Waals surface area contributed by atoms with Crippen molar-refractivity contribution in [1.82, 2.24) is 0 Å². The highest BCUT2D eigenvalue weighted by molar-refractivity contribution is 5.09. The Morgan fingerprint density at radius 2 is 2.06 bits per heavy atom. The molecule has 1 rings (SSSR count). The van der Waals surface area contributed by atoms with Gasteiger partial charge in [-0.1, -0.05) is 0 Å². The van der Waals surface area contributed by atoms with Crippen molar-refractivity contribution in [3.05, 3.63) is 23.7 Å². The van der Waals surface area contributed by atoms with E-state index in [-0.39, 0.29) is 17.7 Å². The van der Waals surface area contributed by atoms with Crippen LogP contribution in [0.4, 0.5) is 0 Å². The number of methoxy groups -OCH3 is 1. The standard InChI is InChI=1S/C14H25NO3/c1-10-6-7-12(18-10)13(11(2)15)17-9-8-14(3,4)16-5/h6-7,11,13H,8-9,15H2,1-5H3. The van der Waals surface area contributed by atoms with Gasteiger partial charge in [0.2, 0.25) is 0 Å². The van der Waals surface area contributed by atoms with Crippen molar-refractivity contribution in [1.29, 1.82) is 0 Å². The summed E-state index contributed by atoms with van der Waals surface area (Å²) in [6.07, 6.45) is 0.609. The summed E-state index contributed by atoms with van der Waals surface area (Å²) < 4.78 is 16.8. The maximum Gasteiger partial charge on any atom is 0.134 e. The lowest BCUT2D eigenvalue weighted by molar-refractivity contribution is -0.0367. The van der Waals surface area contributed by atoms with Crippen LogP contribution in [0.25, 0.3) is 0 Å². The first-order chi connectivity index (χ1) is 8.35. The van der Waals surface area contributed by atoms with E-state index in [1.54, 1.807) is 7.11 Å². The van der Waals surface area contributed by atoms with E-state index in [2.05, 4.69) is 0 Å². The first-order valence-corrected chi connectivity index (χ1v) is 6.34. The maximum atomic E-state index is 5.94. The first-order valence-electron chi connectivity index (χ1n) is 6.34. The van der Waals surface area contributed by atoms with Gasteiger partial charge in [0.1, 0.15) is 17.6 Å². The Labute approximate surface area is 109 Å². The Hall–Kier alpha value is -0.840. The quantitative estimate of drug-likeness (QED) is 0.814. The minimum absolute atomic E-state index is 0.110. The third kappa shape index (κ3) is 4.44. The zero-order valence-corrected chi connectivity index (χ0v) is 12.0. The predicted molar refractivity (Wildman–Crippen MR) is 71.5 cm³/mol. The van der Waals surface area contributed by atoms with Gasteiger partial charge in [0, 0.05) is 13.2 Å². The fourth-order valence-corrected chi connectivity index (χ4v) is 1.63. The third-order valence-corrected chi connectivity index (χ3v) is 3.07. The Bertz CT molecular complexity index is 358. The van der Waals surface area contributed by atoms with Crippen LogP contribution < -0.4 is 5.73 Å². The summed E-state index contributed by atoms with van der Waals surface area (Å²) in [5, 5.41) is 0. The molecule has 104 valence electrons. The molecule has 0 aliphatic carbocycles. The number of furan rings is 1. The zero-order valence-electron chi connectivity index (χ0n) is 12.0. The highest BCUT2D eigenvalue weighted by Crippen LogP contribution is 2.24. The average molecular weight is 255 g/mol. The molecule has 0 aromatic carbocycles. The molecule has 0 bridgehead atoms. The molecule has 0 spiro atoms. The molecule has 0 saturated carbocycles. The van der Waals surface area contributed by atoms with Gasteiger partial charge in [-0.05, 0) is 46.2 Å². The molecule has 0 amide bonds. The second-order valence-corrected chi connectivity index (χ2v) is 5.31. The molecular formula is C14H25NO3. The second-order valence-electron chi connectivity index (χ2n) is 5.31. The van der Waals surface area contributed by atoms with Gasteiger partial charge in [0.05, 0.1) is 12.2 Å². The van der Waals surface area contributed by atoms with Gasteiger partial charge in [-0.3, -0.25) is 0 Å². The monoisotopic (exact) mass is 255 g/mol. The number of ether oxygens (including phenoxy) is 2. The summed E-state index contributed by atoms with van der Waals surface area (Å²) >= 11 is 0. The van der Waals surface area contributed by atoms with Crippen LogP contribution in [0.5, 0.6) is 0 Å². The van der Waals surface area contributed by atoms with Gasteiger partial charge in [-0.25, -0.2) is 0 Å². The van der Waals surface area contributed by atoms with E-state index in [0.29, 0.717) is 6.61 Å². The normalized spacial score (nSPS) is 15.7. The van der Waals surface area contributed by atoms with Crippen LogP contribution in [0.3, 0.4) is 0 Å². The van der Waals surface area contributed by atoms with Crippen molar-refractivity contribution in [2.24, 2.45) is 5.73 Å². The molecule has 4 heteroatoms. The zero-order chi connectivity index (χ0) is 13.8. The first kappa shape index (κ1) is 15.2. The summed E-state index contributed by atoms with van der Waals surface area (Å²) in [5.74, 6) is 1.66. The molecule has 0 aliphatic heterocycles. The topological polar surface area (TPSA) is 57.6 Å². The molecule has 1 aromatic rings. The van der Waals surface area contributed by atoms with Crippen LogP contribution in [0.15, 0.2) is 16.5 Å². The molecular weight excluding hydrogens is 230 g/mol. The number of hydrogen-bond donors (Lipinski definition) is 1. The Morgan fingerprint density at radius 1 is 1.39 bits per heavy atom. The minimum Gasteiger partial charge on any atom is -0.464 e. The van der Waals surface area contributed by atoms with Gasteiger partial charge < -0.3 is 19.6 Å². The summed E-state index contributed by atoms with van der Waals surface area (Å²) in [5.41, 5.74) is 5.76. The fourth-order valence-electron chi connectivity index (χ4n) is 1.63. The van der Waals surface area contributed by atoms with E-state index >= 15 is 0 Å². The molecule has 4 nitrogen and oxygen atoms in total. The fraction of sp³-hybridized carbons (Fsp3) is 0.714. The van der Waals surface area contributed by atoms with Gasteiger partial charge >= 0.3 is 0 Å². The number of nitrogens with two attached hydrogens (primary N) is 1. The van der Waals surface area contributed by atoms with Gasteiger partial charge in [-0.15, -0.1) is 0 Å². The molecule has 1 aromatic heterocycles. The molecule has 0 radical (unpaired) electrons. The van der Waals surface area contributed by atoms with Crippen LogP contribution in [0, 0.1) is 6.92 Å². The van der Waals surface area contributed by atoms with Crippen LogP contribution >= 0.6 is 0 Å². The van der Waals surface area contributed by atoms with Crippen LogP contribution in [-0.2, 0) is 9.47 Å². The lowest BCUT2D eigenvalue weighted by atomic mass is 10.1. The van der Waals surface area contributed by atoms with Crippen molar-refractivity contribution in [2.75, 3.05) is 13.7 Å². The third-order valence-electron chi connectivity index (χ3n) is 3.07. The van der Waals surface area contributed by atoms with E-state index < -0.39 is 0 Å².